The highest BCUT2D eigenvalue weighted by atomic mass is 35.5. The molecular weight excluding hydrogens is 306 g/mol. The third-order valence-electron chi connectivity index (χ3n) is 2.82. The van der Waals surface area contributed by atoms with Gasteiger partial charge in [0.05, 0.1) is 11.8 Å². The van der Waals surface area contributed by atoms with Crippen LogP contribution in [0.1, 0.15) is 15.9 Å². The molecule has 1 amide bonds. The molecule has 0 bridgehead atoms. The van der Waals surface area contributed by atoms with Crippen molar-refractivity contribution < 1.29 is 19.6 Å². The highest BCUT2D eigenvalue weighted by molar-refractivity contribution is 5.94. The average Bonchev–Trinajstić information content (AvgIpc) is 2.50. The van der Waals surface area contributed by atoms with Crippen molar-refractivity contribution in [2.45, 2.75) is 6.54 Å². The lowest BCUT2D eigenvalue weighted by Gasteiger charge is -2.00. The van der Waals surface area contributed by atoms with E-state index in [1.165, 1.54) is 6.21 Å². The molecule has 0 radical (unpaired) electrons. The van der Waals surface area contributed by atoms with E-state index in [0.29, 0.717) is 17.7 Å². The van der Waals surface area contributed by atoms with E-state index in [9.17, 15) is 9.90 Å². The number of hydrogen-bond donors (Lipinski definition) is 3. The fourth-order valence-corrected chi connectivity index (χ4v) is 1.69. The Bertz CT molecular complexity index is 645. The lowest BCUT2D eigenvalue weighted by molar-refractivity contribution is -0.698. The second-order valence-electron chi connectivity index (χ2n) is 4.31. The van der Waals surface area contributed by atoms with Crippen molar-refractivity contribution in [2.75, 3.05) is 6.61 Å². The van der Waals surface area contributed by atoms with Crippen LogP contribution in [0.4, 0.5) is 0 Å². The van der Waals surface area contributed by atoms with Crippen LogP contribution >= 0.6 is 12.4 Å². The van der Waals surface area contributed by atoms with Crippen molar-refractivity contribution in [2.24, 2.45) is 5.10 Å². The SMILES string of the molecule is Cl.O=C(N/N=C/c1ccccc1O)c1cc[n+](CCO)cc1. The van der Waals surface area contributed by atoms with Crippen LogP contribution in [0.25, 0.3) is 0 Å². The van der Waals surface area contributed by atoms with Crippen molar-refractivity contribution in [1.29, 1.82) is 0 Å². The molecule has 3 N–H and O–H groups in total. The largest absolute Gasteiger partial charge is 0.507 e. The van der Waals surface area contributed by atoms with Gasteiger partial charge in [-0.3, -0.25) is 4.79 Å². The smallest absolute Gasteiger partial charge is 0.271 e. The molecule has 0 saturated heterocycles. The maximum atomic E-state index is 11.8. The number of aromatic hydroxyl groups is 1. The van der Waals surface area contributed by atoms with E-state index >= 15 is 0 Å². The molecule has 7 heteroatoms. The molecule has 2 aromatic rings. The van der Waals surface area contributed by atoms with Crippen LogP contribution in [-0.2, 0) is 6.54 Å². The number of carbonyl (C=O) groups is 1. The average molecular weight is 323 g/mol. The third kappa shape index (κ3) is 4.83. The number of aliphatic hydroxyl groups is 1. The van der Waals surface area contributed by atoms with Crippen LogP contribution < -0.4 is 9.99 Å². The molecule has 0 unspecified atom stereocenters. The summed E-state index contributed by atoms with van der Waals surface area (Å²) in [6.45, 7) is 0.522. The highest BCUT2D eigenvalue weighted by Gasteiger charge is 2.07. The third-order valence-corrected chi connectivity index (χ3v) is 2.82. The molecule has 0 aliphatic carbocycles. The normalized spacial score (nSPS) is 10.2. The fourth-order valence-electron chi connectivity index (χ4n) is 1.69. The Morgan fingerprint density at radius 1 is 1.23 bits per heavy atom. The number of halogens is 1. The summed E-state index contributed by atoms with van der Waals surface area (Å²) in [5.74, 6) is -0.252. The van der Waals surface area contributed by atoms with Gasteiger partial charge in [0.15, 0.2) is 18.9 Å². The van der Waals surface area contributed by atoms with Crippen LogP contribution in [0.5, 0.6) is 5.75 Å². The number of hydrogen-bond acceptors (Lipinski definition) is 4. The number of nitrogens with zero attached hydrogens (tertiary/aromatic N) is 2. The Hall–Kier alpha value is -2.44. The number of rotatable bonds is 5. The van der Waals surface area contributed by atoms with E-state index in [2.05, 4.69) is 10.5 Å². The van der Waals surface area contributed by atoms with Crippen molar-refractivity contribution in [1.82, 2.24) is 5.43 Å². The summed E-state index contributed by atoms with van der Waals surface area (Å²) >= 11 is 0. The van der Waals surface area contributed by atoms with Crippen molar-refractivity contribution >= 4 is 24.5 Å². The molecule has 0 atom stereocenters. The number of benzene rings is 1. The maximum absolute atomic E-state index is 11.8. The lowest BCUT2D eigenvalue weighted by atomic mass is 10.2. The Labute approximate surface area is 134 Å². The number of phenolic OH excluding ortho intramolecular Hbond substituents is 1. The van der Waals surface area contributed by atoms with Crippen LogP contribution in [-0.4, -0.2) is 28.9 Å². The number of aliphatic hydroxyl groups excluding tert-OH is 1. The van der Waals surface area contributed by atoms with E-state index in [1.807, 2.05) is 0 Å². The van der Waals surface area contributed by atoms with Crippen molar-refractivity contribution in [3.8, 4) is 5.75 Å². The van der Waals surface area contributed by atoms with Gasteiger partial charge in [-0.05, 0) is 12.1 Å². The summed E-state index contributed by atoms with van der Waals surface area (Å²) in [6, 6.07) is 9.98. The fraction of sp³-hybridized carbons (Fsp3) is 0.133. The summed E-state index contributed by atoms with van der Waals surface area (Å²) in [6.07, 6.45) is 4.79. The highest BCUT2D eigenvalue weighted by Crippen LogP contribution is 2.12. The van der Waals surface area contributed by atoms with Crippen LogP contribution in [0.2, 0.25) is 0 Å². The van der Waals surface area contributed by atoms with Crippen LogP contribution in [0.3, 0.4) is 0 Å². The molecule has 0 aliphatic heterocycles. The predicted octanol–water partition coefficient (Wildman–Crippen LogP) is 0.858. The van der Waals surface area contributed by atoms with Gasteiger partial charge in [0.1, 0.15) is 12.4 Å². The zero-order valence-electron chi connectivity index (χ0n) is 11.7. The molecule has 22 heavy (non-hydrogen) atoms. The molecule has 1 aromatic carbocycles. The summed E-state index contributed by atoms with van der Waals surface area (Å²) in [4.78, 5) is 11.8. The minimum absolute atomic E-state index is 0. The monoisotopic (exact) mass is 322 g/mol. The van der Waals surface area contributed by atoms with E-state index in [-0.39, 0.29) is 30.7 Å². The van der Waals surface area contributed by atoms with Crippen LogP contribution in [0.15, 0.2) is 53.9 Å². The van der Waals surface area contributed by atoms with Gasteiger partial charge in [-0.2, -0.15) is 5.10 Å². The first-order valence-electron chi connectivity index (χ1n) is 6.42. The minimum atomic E-state index is -0.349. The number of carbonyl (C=O) groups excluding carboxylic acids is 1. The van der Waals surface area contributed by atoms with Gasteiger partial charge in [-0.25, -0.2) is 9.99 Å². The zero-order valence-corrected chi connectivity index (χ0v) is 12.5. The molecule has 1 aromatic heterocycles. The molecule has 0 spiro atoms. The lowest BCUT2D eigenvalue weighted by Crippen LogP contribution is -2.35. The summed E-state index contributed by atoms with van der Waals surface area (Å²) in [5.41, 5.74) is 3.36. The van der Waals surface area contributed by atoms with Crippen molar-refractivity contribution in [3.05, 3.63) is 59.9 Å². The predicted molar refractivity (Wildman–Crippen MR) is 84.1 cm³/mol. The first kappa shape index (κ1) is 17.6. The Kier molecular flexibility index (Phi) is 7.01. The number of pyridine rings is 1. The van der Waals surface area contributed by atoms with E-state index in [4.69, 9.17) is 5.11 Å². The zero-order chi connectivity index (χ0) is 15.1. The number of nitrogens with one attached hydrogen (secondary N) is 1. The number of amides is 1. The van der Waals surface area contributed by atoms with E-state index in [0.717, 1.165) is 0 Å². The van der Waals surface area contributed by atoms with Gasteiger partial charge < -0.3 is 10.2 Å². The van der Waals surface area contributed by atoms with Gasteiger partial charge >= 0.3 is 0 Å². The van der Waals surface area contributed by atoms with Crippen molar-refractivity contribution in [3.63, 3.8) is 0 Å². The maximum Gasteiger partial charge on any atom is 0.271 e. The minimum Gasteiger partial charge on any atom is -0.507 e. The number of hydrazone groups is 1. The van der Waals surface area contributed by atoms with Gasteiger partial charge in [-0.1, -0.05) is 12.1 Å². The molecule has 0 fully saturated rings. The number of para-hydroxylation sites is 1. The second-order valence-corrected chi connectivity index (χ2v) is 4.31. The second kappa shape index (κ2) is 8.76. The van der Waals surface area contributed by atoms with Gasteiger partial charge in [0.2, 0.25) is 0 Å². The molecule has 0 aliphatic rings. The topological polar surface area (TPSA) is 85.8 Å². The molecule has 1 heterocycles. The summed E-state index contributed by atoms with van der Waals surface area (Å²) in [7, 11) is 0. The van der Waals surface area contributed by atoms with Gasteiger partial charge in [0, 0.05) is 17.7 Å². The number of phenols is 1. The number of aromatic nitrogens is 1. The molecular formula is C15H17ClN3O3+. The quantitative estimate of drug-likeness (QED) is 0.433. The summed E-state index contributed by atoms with van der Waals surface area (Å²) < 4.78 is 1.77. The molecule has 0 saturated carbocycles. The first-order valence-corrected chi connectivity index (χ1v) is 6.42. The van der Waals surface area contributed by atoms with E-state index in [1.54, 1.807) is 53.4 Å². The Balaban J connectivity index is 0.00000242. The Morgan fingerprint density at radius 3 is 2.55 bits per heavy atom. The molecule has 6 nitrogen and oxygen atoms in total. The Morgan fingerprint density at radius 2 is 1.91 bits per heavy atom. The van der Waals surface area contributed by atoms with Gasteiger partial charge in [-0.15, -0.1) is 12.4 Å². The summed E-state index contributed by atoms with van der Waals surface area (Å²) in [5, 5.41) is 22.2. The molecule has 2 rings (SSSR count). The van der Waals surface area contributed by atoms with Crippen LogP contribution in [0, 0.1) is 0 Å². The standard InChI is InChI=1S/C15H15N3O3.ClH/c19-10-9-18-7-5-12(6-8-18)15(21)17-16-11-13-3-1-2-4-14(13)20;/h1-8,11,19,21H,9-10H2;1H/p+1. The van der Waals surface area contributed by atoms with E-state index < -0.39 is 0 Å². The molecule has 116 valence electrons. The first-order chi connectivity index (χ1) is 10.2. The van der Waals surface area contributed by atoms with Gasteiger partial charge in [0.25, 0.3) is 5.91 Å².